The van der Waals surface area contributed by atoms with Crippen LogP contribution in [0.2, 0.25) is 0 Å². The van der Waals surface area contributed by atoms with Gasteiger partial charge in [-0.1, -0.05) is 12.1 Å². The molecule has 194 valence electrons. The summed E-state index contributed by atoms with van der Waals surface area (Å²) in [6.45, 7) is 2.93. The number of fused-ring (bicyclic) bond motifs is 2. The van der Waals surface area contributed by atoms with E-state index < -0.39 is 71.5 Å². The van der Waals surface area contributed by atoms with Crippen LogP contribution in [-0.4, -0.2) is 80.1 Å². The summed E-state index contributed by atoms with van der Waals surface area (Å²) in [5, 5.41) is 43.1. The largest absolute Gasteiger partial charge is 0.507 e. The Morgan fingerprint density at radius 1 is 1.19 bits per heavy atom. The number of aromatic hydroxyl groups is 1. The number of ether oxygens (including phenoxy) is 2. The second-order valence-corrected chi connectivity index (χ2v) is 10.6. The maximum absolute atomic E-state index is 13.4. The molecule has 9 atom stereocenters. The zero-order valence-corrected chi connectivity index (χ0v) is 20.1. The Balaban J connectivity index is 1.52. The number of ketones is 3. The number of carbonyl (C=O) groups is 3. The number of aliphatic hydroxyl groups excluding tert-OH is 2. The third kappa shape index (κ3) is 3.84. The lowest BCUT2D eigenvalue weighted by molar-refractivity contribution is -0.265. The molecule has 1 aromatic rings. The molecule has 1 aromatic carbocycles. The number of Topliss-reactive ketones (excluding diaryl/α,β-unsaturated/α-hetero) is 3. The number of nitrogens with two attached hydrogens (primary N) is 1. The lowest BCUT2D eigenvalue weighted by Gasteiger charge is -2.51. The first-order valence-electron chi connectivity index (χ1n) is 12.2. The summed E-state index contributed by atoms with van der Waals surface area (Å²) >= 11 is 0. The molecule has 0 bridgehead atoms. The molecule has 3 aliphatic carbocycles. The van der Waals surface area contributed by atoms with E-state index in [0.717, 1.165) is 0 Å². The summed E-state index contributed by atoms with van der Waals surface area (Å²) in [7, 11) is 0. The van der Waals surface area contributed by atoms with Gasteiger partial charge in [0.25, 0.3) is 0 Å². The van der Waals surface area contributed by atoms with Gasteiger partial charge in [-0.05, 0) is 38.7 Å². The van der Waals surface area contributed by atoms with Crippen molar-refractivity contribution < 1.29 is 44.3 Å². The van der Waals surface area contributed by atoms with Gasteiger partial charge in [0.15, 0.2) is 23.6 Å². The summed E-state index contributed by atoms with van der Waals surface area (Å²) < 4.78 is 11.9. The monoisotopic (exact) mass is 501 g/mol. The van der Waals surface area contributed by atoms with Crippen molar-refractivity contribution in [2.75, 3.05) is 0 Å². The van der Waals surface area contributed by atoms with Crippen LogP contribution in [0, 0.1) is 11.8 Å². The fourth-order valence-electron chi connectivity index (χ4n) is 6.38. The minimum atomic E-state index is -1.75. The Kier molecular flexibility index (Phi) is 6.18. The van der Waals surface area contributed by atoms with E-state index in [4.69, 9.17) is 15.2 Å². The fourth-order valence-corrected chi connectivity index (χ4v) is 6.38. The minimum absolute atomic E-state index is 0.00474. The molecule has 36 heavy (non-hydrogen) atoms. The number of phenols is 1. The fraction of sp³-hybridized carbons (Fsp3) is 0.577. The summed E-state index contributed by atoms with van der Waals surface area (Å²) in [6.07, 6.45) is -4.63. The van der Waals surface area contributed by atoms with Gasteiger partial charge in [0, 0.05) is 41.5 Å². The maximum atomic E-state index is 13.4. The smallest absolute Gasteiger partial charge is 0.196 e. The van der Waals surface area contributed by atoms with Crippen LogP contribution >= 0.6 is 0 Å². The Hall–Kier alpha value is -2.47. The molecule has 0 unspecified atom stereocenters. The highest BCUT2D eigenvalue weighted by Gasteiger charge is 2.56. The lowest BCUT2D eigenvalue weighted by atomic mass is 9.59. The third-order valence-electron chi connectivity index (χ3n) is 8.33. The number of carbonyl (C=O) groups excluding carboxylic acids is 3. The van der Waals surface area contributed by atoms with Crippen molar-refractivity contribution in [2.24, 2.45) is 17.6 Å². The second-order valence-electron chi connectivity index (χ2n) is 10.6. The third-order valence-corrected chi connectivity index (χ3v) is 8.33. The van der Waals surface area contributed by atoms with Crippen molar-refractivity contribution in [3.05, 3.63) is 40.5 Å². The number of hydrogen-bond donors (Lipinski definition) is 5. The Morgan fingerprint density at radius 2 is 1.92 bits per heavy atom. The van der Waals surface area contributed by atoms with Crippen LogP contribution in [0.5, 0.6) is 5.75 Å². The highest BCUT2D eigenvalue weighted by atomic mass is 16.7. The molecule has 4 aliphatic rings. The van der Waals surface area contributed by atoms with Crippen molar-refractivity contribution in [1.82, 2.24) is 0 Å². The molecule has 1 saturated heterocycles. The Labute approximate surface area is 207 Å². The predicted octanol–water partition coefficient (Wildman–Crippen LogP) is 0.387. The lowest BCUT2D eigenvalue weighted by Crippen LogP contribution is -2.59. The van der Waals surface area contributed by atoms with Crippen LogP contribution in [0.25, 0.3) is 0 Å². The molecular weight excluding hydrogens is 470 g/mol. The molecule has 2 fully saturated rings. The first-order valence-corrected chi connectivity index (χ1v) is 12.2. The second kappa shape index (κ2) is 8.83. The molecule has 10 nitrogen and oxygen atoms in total. The van der Waals surface area contributed by atoms with Gasteiger partial charge in [-0.15, -0.1) is 0 Å². The van der Waals surface area contributed by atoms with Crippen LogP contribution in [0.1, 0.15) is 60.2 Å². The van der Waals surface area contributed by atoms with E-state index in [1.54, 1.807) is 6.92 Å². The number of aliphatic hydroxyl groups is 3. The molecule has 5 rings (SSSR count). The zero-order chi connectivity index (χ0) is 26.1. The van der Waals surface area contributed by atoms with Crippen molar-refractivity contribution in [2.45, 2.75) is 81.9 Å². The van der Waals surface area contributed by atoms with Crippen LogP contribution in [0.4, 0.5) is 0 Å². The average Bonchev–Trinajstić information content (AvgIpc) is 2.80. The van der Waals surface area contributed by atoms with E-state index in [9.17, 15) is 34.8 Å². The van der Waals surface area contributed by atoms with Crippen molar-refractivity contribution >= 4 is 17.3 Å². The summed E-state index contributed by atoms with van der Waals surface area (Å²) in [4.78, 5) is 39.2. The molecule has 1 saturated carbocycles. The quantitative estimate of drug-likeness (QED) is 0.389. The number of benzene rings is 1. The highest BCUT2D eigenvalue weighted by molar-refractivity contribution is 6.28. The first kappa shape index (κ1) is 25.2. The summed E-state index contributed by atoms with van der Waals surface area (Å²) in [5.74, 6) is -3.16. The number of rotatable bonds is 3. The molecule has 10 heteroatoms. The number of phenolic OH excluding ortho intramolecular Hbond substituents is 1. The Bertz CT molecular complexity index is 1150. The standard InChI is InChI=1S/C26H31NO9/c1-10-22(30)15(27)7-18(35-10)36-17-9-26(34,11(2)28)8-12-6-14-21(24(32)19(12)17)25(33)20-13(23(14)31)4-3-5-16(20)29/h3-5,10,12,15,17-19,22,24,29-30,32,34H,6-9,27H2,1-2H3/t10-,12-,15+,17-,18-,19+,22-,24-,26-/m0/s1. The zero-order valence-electron chi connectivity index (χ0n) is 20.1. The number of allylic oxidation sites excluding steroid dienone is 1. The van der Waals surface area contributed by atoms with Gasteiger partial charge in [-0.3, -0.25) is 14.4 Å². The van der Waals surface area contributed by atoms with Crippen molar-refractivity contribution in [3.8, 4) is 5.75 Å². The van der Waals surface area contributed by atoms with Gasteiger partial charge < -0.3 is 35.6 Å². The Morgan fingerprint density at radius 3 is 2.58 bits per heavy atom. The minimum Gasteiger partial charge on any atom is -0.507 e. The predicted molar refractivity (Wildman–Crippen MR) is 124 cm³/mol. The summed E-state index contributed by atoms with van der Waals surface area (Å²) in [6, 6.07) is 3.62. The molecule has 0 radical (unpaired) electrons. The normalized spacial score (nSPS) is 40.4. The van der Waals surface area contributed by atoms with Crippen LogP contribution in [-0.2, 0) is 14.3 Å². The van der Waals surface area contributed by atoms with Gasteiger partial charge in [0.05, 0.1) is 30.0 Å². The molecule has 0 spiro atoms. The average molecular weight is 502 g/mol. The van der Waals surface area contributed by atoms with Crippen LogP contribution in [0.3, 0.4) is 0 Å². The maximum Gasteiger partial charge on any atom is 0.196 e. The highest BCUT2D eigenvalue weighted by Crippen LogP contribution is 2.51. The number of hydrogen-bond acceptors (Lipinski definition) is 10. The van der Waals surface area contributed by atoms with E-state index in [2.05, 4.69) is 0 Å². The van der Waals surface area contributed by atoms with Gasteiger partial charge in [-0.2, -0.15) is 0 Å². The molecule has 0 amide bonds. The van der Waals surface area contributed by atoms with Crippen molar-refractivity contribution in [1.29, 1.82) is 0 Å². The first-order chi connectivity index (χ1) is 16.9. The van der Waals surface area contributed by atoms with E-state index in [1.807, 2.05) is 0 Å². The van der Waals surface area contributed by atoms with E-state index >= 15 is 0 Å². The van der Waals surface area contributed by atoms with Crippen LogP contribution in [0.15, 0.2) is 29.3 Å². The molecule has 1 heterocycles. The van der Waals surface area contributed by atoms with Gasteiger partial charge in [-0.25, -0.2) is 0 Å². The van der Waals surface area contributed by atoms with E-state index in [1.165, 1.54) is 25.1 Å². The molecular formula is C26H31NO9. The van der Waals surface area contributed by atoms with Gasteiger partial charge in [0.2, 0.25) is 0 Å². The van der Waals surface area contributed by atoms with Gasteiger partial charge >= 0.3 is 0 Å². The SMILES string of the molecule is CC(=O)[C@]1(O)C[C@@H]2CC3=C(C(=O)c4c(O)cccc4C3=O)[C@@H](O)[C@H]2[C@@H](O[C@H]2C[C@@H](N)[C@@H](O)[C@H](C)O2)C1. The van der Waals surface area contributed by atoms with Crippen LogP contribution < -0.4 is 5.73 Å². The van der Waals surface area contributed by atoms with E-state index in [-0.39, 0.29) is 53.7 Å². The molecule has 1 aliphatic heterocycles. The molecule has 0 aromatic heterocycles. The van der Waals surface area contributed by atoms with E-state index in [0.29, 0.717) is 0 Å². The van der Waals surface area contributed by atoms with Gasteiger partial charge in [0.1, 0.15) is 11.4 Å². The van der Waals surface area contributed by atoms with Crippen molar-refractivity contribution in [3.63, 3.8) is 0 Å². The molecule has 6 N–H and O–H groups in total. The topological polar surface area (TPSA) is 177 Å². The summed E-state index contributed by atoms with van der Waals surface area (Å²) in [5.41, 5.74) is 4.25.